The molecule has 0 aliphatic heterocycles. The van der Waals surface area contributed by atoms with Crippen LogP contribution in [0.4, 0.5) is 0 Å². The third kappa shape index (κ3) is 5.89. The number of esters is 1. The molecule has 0 aliphatic rings. The Bertz CT molecular complexity index is 1170. The molecule has 0 radical (unpaired) electrons. The standard InChI is InChI=1S/C27H24O6/c1-18(2)27(29)33-26-15-21(8-5-19-6-11-23(12-7-19)32-17-28)25(31-4)16-24(26)20-9-13-22(30-3)14-10-20/h5-17H,1H2,2-4H3/b8-5+. The lowest BCUT2D eigenvalue weighted by atomic mass is 10.0. The van der Waals surface area contributed by atoms with Gasteiger partial charge in [0.25, 0.3) is 6.47 Å². The summed E-state index contributed by atoms with van der Waals surface area (Å²) in [6.45, 7) is 5.64. The largest absolute Gasteiger partial charge is 0.497 e. The summed E-state index contributed by atoms with van der Waals surface area (Å²) < 4.78 is 21.3. The summed E-state index contributed by atoms with van der Waals surface area (Å²) in [7, 11) is 3.18. The number of benzene rings is 3. The molecule has 0 saturated heterocycles. The van der Waals surface area contributed by atoms with Gasteiger partial charge in [-0.2, -0.15) is 0 Å². The van der Waals surface area contributed by atoms with E-state index in [0.717, 1.165) is 16.9 Å². The van der Waals surface area contributed by atoms with Gasteiger partial charge in [0, 0.05) is 16.7 Å². The fraction of sp³-hybridized carbons (Fsp3) is 0.111. The van der Waals surface area contributed by atoms with E-state index in [2.05, 4.69) is 6.58 Å². The lowest BCUT2D eigenvalue weighted by molar-refractivity contribution is -0.130. The van der Waals surface area contributed by atoms with Crippen molar-refractivity contribution in [2.75, 3.05) is 14.2 Å². The topological polar surface area (TPSA) is 71.1 Å². The maximum absolute atomic E-state index is 12.3. The Balaban J connectivity index is 2.03. The molecule has 0 spiro atoms. The minimum atomic E-state index is -0.518. The van der Waals surface area contributed by atoms with E-state index in [9.17, 15) is 9.59 Å². The normalized spacial score (nSPS) is 10.5. The van der Waals surface area contributed by atoms with Crippen molar-refractivity contribution in [2.24, 2.45) is 0 Å². The van der Waals surface area contributed by atoms with Gasteiger partial charge >= 0.3 is 5.97 Å². The number of hydrogen-bond acceptors (Lipinski definition) is 6. The van der Waals surface area contributed by atoms with E-state index in [0.29, 0.717) is 40.4 Å². The van der Waals surface area contributed by atoms with Crippen LogP contribution >= 0.6 is 0 Å². The van der Waals surface area contributed by atoms with Crippen molar-refractivity contribution in [1.82, 2.24) is 0 Å². The highest BCUT2D eigenvalue weighted by molar-refractivity contribution is 5.91. The van der Waals surface area contributed by atoms with E-state index < -0.39 is 5.97 Å². The Morgan fingerprint density at radius 1 is 0.848 bits per heavy atom. The predicted octanol–water partition coefficient (Wildman–Crippen LogP) is 5.56. The lowest BCUT2D eigenvalue weighted by Crippen LogP contribution is -2.09. The first kappa shape index (κ1) is 23.3. The first-order chi connectivity index (χ1) is 15.9. The summed E-state index contributed by atoms with van der Waals surface area (Å²) >= 11 is 0. The Labute approximate surface area is 192 Å². The van der Waals surface area contributed by atoms with Crippen LogP contribution in [0.25, 0.3) is 23.3 Å². The third-order valence-electron chi connectivity index (χ3n) is 4.80. The number of hydrogen-bond donors (Lipinski definition) is 0. The molecule has 0 N–H and O–H groups in total. The lowest BCUT2D eigenvalue weighted by Gasteiger charge is -2.15. The molecule has 6 nitrogen and oxygen atoms in total. The molecule has 3 aromatic carbocycles. The summed E-state index contributed by atoms with van der Waals surface area (Å²) in [5, 5.41) is 0. The molecule has 0 atom stereocenters. The van der Waals surface area contributed by atoms with Crippen molar-refractivity contribution in [3.8, 4) is 34.1 Å². The molecule has 0 saturated carbocycles. The van der Waals surface area contributed by atoms with E-state index in [4.69, 9.17) is 18.9 Å². The second-order valence-corrected chi connectivity index (χ2v) is 7.11. The molecule has 0 fully saturated rings. The van der Waals surface area contributed by atoms with Gasteiger partial charge in [-0.15, -0.1) is 0 Å². The zero-order valence-corrected chi connectivity index (χ0v) is 18.7. The average Bonchev–Trinajstić information content (AvgIpc) is 2.83. The van der Waals surface area contributed by atoms with E-state index in [-0.39, 0.29) is 0 Å². The van der Waals surface area contributed by atoms with Crippen LogP contribution in [0.3, 0.4) is 0 Å². The molecule has 0 unspecified atom stereocenters. The van der Waals surface area contributed by atoms with E-state index in [1.807, 2.05) is 54.6 Å². The van der Waals surface area contributed by atoms with Crippen LogP contribution in [0.1, 0.15) is 18.1 Å². The van der Waals surface area contributed by atoms with Gasteiger partial charge in [0.15, 0.2) is 0 Å². The minimum absolute atomic E-state index is 0.293. The maximum Gasteiger partial charge on any atom is 0.338 e. The van der Waals surface area contributed by atoms with Crippen molar-refractivity contribution in [2.45, 2.75) is 6.92 Å². The van der Waals surface area contributed by atoms with Crippen LogP contribution in [-0.4, -0.2) is 26.7 Å². The van der Waals surface area contributed by atoms with Crippen molar-refractivity contribution in [1.29, 1.82) is 0 Å². The van der Waals surface area contributed by atoms with E-state index in [1.54, 1.807) is 39.3 Å². The summed E-state index contributed by atoms with van der Waals surface area (Å²) in [4.78, 5) is 22.8. The molecule has 6 heteroatoms. The maximum atomic E-state index is 12.3. The summed E-state index contributed by atoms with van der Waals surface area (Å²) in [5.74, 6) is 1.64. The molecule has 0 aromatic heterocycles. The van der Waals surface area contributed by atoms with Gasteiger partial charge in [-0.1, -0.05) is 43.0 Å². The first-order valence-electron chi connectivity index (χ1n) is 10.1. The molecule has 0 aliphatic carbocycles. The van der Waals surface area contributed by atoms with Gasteiger partial charge < -0.3 is 18.9 Å². The monoisotopic (exact) mass is 444 g/mol. The predicted molar refractivity (Wildman–Crippen MR) is 127 cm³/mol. The molecular weight excluding hydrogens is 420 g/mol. The summed E-state index contributed by atoms with van der Waals surface area (Å²) in [6, 6.07) is 18.0. The van der Waals surface area contributed by atoms with Crippen LogP contribution in [0.15, 0.2) is 72.8 Å². The number of carbonyl (C=O) groups excluding carboxylic acids is 2. The van der Waals surface area contributed by atoms with Gasteiger partial charge in [0.2, 0.25) is 0 Å². The van der Waals surface area contributed by atoms with Crippen molar-refractivity contribution < 1.29 is 28.5 Å². The van der Waals surface area contributed by atoms with Crippen LogP contribution < -0.4 is 18.9 Å². The third-order valence-corrected chi connectivity index (χ3v) is 4.80. The van der Waals surface area contributed by atoms with Crippen LogP contribution in [-0.2, 0) is 9.59 Å². The van der Waals surface area contributed by atoms with Gasteiger partial charge in [-0.05, 0) is 54.4 Å². The molecular formula is C27H24O6. The number of carbonyl (C=O) groups is 2. The van der Waals surface area contributed by atoms with E-state index >= 15 is 0 Å². The van der Waals surface area contributed by atoms with Gasteiger partial charge in [-0.3, -0.25) is 4.79 Å². The molecule has 0 bridgehead atoms. The van der Waals surface area contributed by atoms with Crippen molar-refractivity contribution in [3.63, 3.8) is 0 Å². The highest BCUT2D eigenvalue weighted by Crippen LogP contribution is 2.38. The zero-order valence-electron chi connectivity index (χ0n) is 18.7. The number of rotatable bonds is 9. The average molecular weight is 444 g/mol. The fourth-order valence-corrected chi connectivity index (χ4v) is 3.05. The molecule has 3 aromatic rings. The SMILES string of the molecule is C=C(C)C(=O)Oc1cc(/C=C/c2ccc(OC=O)cc2)c(OC)cc1-c1ccc(OC)cc1. The van der Waals surface area contributed by atoms with E-state index in [1.165, 1.54) is 0 Å². The summed E-state index contributed by atoms with van der Waals surface area (Å²) in [6.07, 6.45) is 3.73. The van der Waals surface area contributed by atoms with Crippen molar-refractivity contribution in [3.05, 3.63) is 83.9 Å². The molecule has 168 valence electrons. The smallest absolute Gasteiger partial charge is 0.338 e. The Hall–Kier alpha value is -4.32. The van der Waals surface area contributed by atoms with Crippen LogP contribution in [0, 0.1) is 0 Å². The molecule has 0 amide bonds. The second-order valence-electron chi connectivity index (χ2n) is 7.11. The van der Waals surface area contributed by atoms with Crippen molar-refractivity contribution >= 4 is 24.6 Å². The second kappa shape index (κ2) is 10.8. The quantitative estimate of drug-likeness (QED) is 0.142. The Morgan fingerprint density at radius 2 is 1.52 bits per heavy atom. The number of ether oxygens (including phenoxy) is 4. The zero-order chi connectivity index (χ0) is 23.8. The molecule has 33 heavy (non-hydrogen) atoms. The highest BCUT2D eigenvalue weighted by Gasteiger charge is 2.16. The Morgan fingerprint density at radius 3 is 2.09 bits per heavy atom. The molecule has 3 rings (SSSR count). The number of methoxy groups -OCH3 is 2. The molecule has 0 heterocycles. The first-order valence-corrected chi connectivity index (χ1v) is 10.1. The highest BCUT2D eigenvalue weighted by atomic mass is 16.5. The fourth-order valence-electron chi connectivity index (χ4n) is 3.05. The van der Waals surface area contributed by atoms with Crippen LogP contribution in [0.5, 0.6) is 23.0 Å². The van der Waals surface area contributed by atoms with Gasteiger partial charge in [0.05, 0.1) is 14.2 Å². The van der Waals surface area contributed by atoms with Gasteiger partial charge in [0.1, 0.15) is 23.0 Å². The minimum Gasteiger partial charge on any atom is -0.497 e. The summed E-state index contributed by atoms with van der Waals surface area (Å²) in [5.41, 5.74) is 3.42. The Kier molecular flexibility index (Phi) is 7.65. The van der Waals surface area contributed by atoms with Crippen LogP contribution in [0.2, 0.25) is 0 Å². The van der Waals surface area contributed by atoms with Gasteiger partial charge in [-0.25, -0.2) is 4.79 Å².